The Morgan fingerprint density at radius 3 is 2.14 bits per heavy atom. The predicted molar refractivity (Wildman–Crippen MR) is 92.0 cm³/mol. The highest BCUT2D eigenvalue weighted by molar-refractivity contribution is 5.79. The van der Waals surface area contributed by atoms with Gasteiger partial charge < -0.3 is 4.90 Å². The first kappa shape index (κ1) is 15.8. The average Bonchev–Trinajstić information content (AvgIpc) is 2.55. The molecule has 0 amide bonds. The van der Waals surface area contributed by atoms with Gasteiger partial charge in [0.1, 0.15) is 0 Å². The van der Waals surface area contributed by atoms with Crippen molar-refractivity contribution in [2.75, 3.05) is 18.0 Å². The molecule has 0 unspecified atom stereocenters. The Kier molecular flexibility index (Phi) is 5.31. The number of nitro benzene ring substituents is 1. The van der Waals surface area contributed by atoms with Crippen molar-refractivity contribution in [3.8, 4) is 0 Å². The van der Waals surface area contributed by atoms with E-state index in [0.29, 0.717) is 5.56 Å². The Hall–Kier alpha value is -2.62. The van der Waals surface area contributed by atoms with Gasteiger partial charge >= 0.3 is 0 Å². The van der Waals surface area contributed by atoms with Gasteiger partial charge in [-0.3, -0.25) is 10.1 Å². The van der Waals surface area contributed by atoms with Crippen molar-refractivity contribution in [1.29, 1.82) is 0 Å². The summed E-state index contributed by atoms with van der Waals surface area (Å²) in [4.78, 5) is 13.0. The van der Waals surface area contributed by atoms with Crippen molar-refractivity contribution in [2.24, 2.45) is 0 Å². The van der Waals surface area contributed by atoms with Crippen molar-refractivity contribution in [2.45, 2.75) is 13.8 Å². The molecule has 114 valence electrons. The second-order valence-corrected chi connectivity index (χ2v) is 4.88. The van der Waals surface area contributed by atoms with Gasteiger partial charge in [0.25, 0.3) is 5.69 Å². The highest BCUT2D eigenvalue weighted by atomic mass is 16.6. The van der Waals surface area contributed by atoms with Crippen LogP contribution in [0.3, 0.4) is 0 Å². The fraction of sp³-hybridized carbons (Fsp3) is 0.222. The molecular formula is C18H20N2O2. The molecule has 2 aromatic rings. The summed E-state index contributed by atoms with van der Waals surface area (Å²) >= 11 is 0. The summed E-state index contributed by atoms with van der Waals surface area (Å²) in [6, 6.07) is 14.9. The van der Waals surface area contributed by atoms with E-state index in [0.717, 1.165) is 24.3 Å². The monoisotopic (exact) mass is 296 g/mol. The summed E-state index contributed by atoms with van der Waals surface area (Å²) in [6.45, 7) is 6.08. The Balaban J connectivity index is 2.37. The molecule has 0 aliphatic carbocycles. The number of hydrogen-bond donors (Lipinski definition) is 0. The van der Waals surface area contributed by atoms with E-state index < -0.39 is 0 Å². The number of nitro groups is 1. The summed E-state index contributed by atoms with van der Waals surface area (Å²) in [5.41, 5.74) is 2.94. The van der Waals surface area contributed by atoms with Crippen LogP contribution in [0.5, 0.6) is 0 Å². The van der Waals surface area contributed by atoms with Gasteiger partial charge in [-0.2, -0.15) is 0 Å². The van der Waals surface area contributed by atoms with Crippen LogP contribution in [0, 0.1) is 10.1 Å². The molecular weight excluding hydrogens is 276 g/mol. The van der Waals surface area contributed by atoms with Crippen LogP contribution in [-0.4, -0.2) is 18.0 Å². The van der Waals surface area contributed by atoms with Crippen LogP contribution in [0.25, 0.3) is 12.2 Å². The molecule has 0 aliphatic rings. The van der Waals surface area contributed by atoms with Crippen molar-refractivity contribution in [3.05, 3.63) is 69.8 Å². The zero-order valence-corrected chi connectivity index (χ0v) is 12.9. The van der Waals surface area contributed by atoms with Gasteiger partial charge in [0, 0.05) is 24.8 Å². The quantitative estimate of drug-likeness (QED) is 0.444. The van der Waals surface area contributed by atoms with Gasteiger partial charge in [-0.25, -0.2) is 0 Å². The Labute approximate surface area is 130 Å². The number of para-hydroxylation sites is 2. The van der Waals surface area contributed by atoms with Gasteiger partial charge in [0.15, 0.2) is 0 Å². The van der Waals surface area contributed by atoms with Crippen LogP contribution >= 0.6 is 0 Å². The summed E-state index contributed by atoms with van der Waals surface area (Å²) in [5, 5.41) is 11.1. The van der Waals surface area contributed by atoms with Crippen LogP contribution in [-0.2, 0) is 0 Å². The normalized spacial score (nSPS) is 10.8. The van der Waals surface area contributed by atoms with E-state index >= 15 is 0 Å². The minimum atomic E-state index is -0.351. The summed E-state index contributed by atoms with van der Waals surface area (Å²) < 4.78 is 0. The third kappa shape index (κ3) is 3.52. The fourth-order valence-corrected chi connectivity index (χ4v) is 2.46. The molecule has 2 rings (SSSR count). The second kappa shape index (κ2) is 7.41. The zero-order chi connectivity index (χ0) is 15.9. The molecule has 2 aromatic carbocycles. The van der Waals surface area contributed by atoms with Crippen molar-refractivity contribution < 1.29 is 4.92 Å². The first-order valence-corrected chi connectivity index (χ1v) is 7.42. The lowest BCUT2D eigenvalue weighted by molar-refractivity contribution is -0.385. The lowest BCUT2D eigenvalue weighted by Gasteiger charge is -2.23. The lowest BCUT2D eigenvalue weighted by Crippen LogP contribution is -2.22. The Morgan fingerprint density at radius 2 is 1.50 bits per heavy atom. The van der Waals surface area contributed by atoms with Crippen LogP contribution in [0.4, 0.5) is 11.4 Å². The first-order chi connectivity index (χ1) is 10.7. The molecule has 0 heterocycles. The van der Waals surface area contributed by atoms with Gasteiger partial charge in [0.2, 0.25) is 0 Å². The van der Waals surface area contributed by atoms with Crippen LogP contribution in [0.15, 0.2) is 48.5 Å². The van der Waals surface area contributed by atoms with Crippen LogP contribution in [0.1, 0.15) is 25.0 Å². The first-order valence-electron chi connectivity index (χ1n) is 7.42. The van der Waals surface area contributed by atoms with E-state index in [1.807, 2.05) is 30.3 Å². The van der Waals surface area contributed by atoms with Crippen molar-refractivity contribution in [1.82, 2.24) is 0 Å². The van der Waals surface area contributed by atoms with Crippen LogP contribution in [0.2, 0.25) is 0 Å². The molecule has 4 heteroatoms. The molecule has 0 fully saturated rings. The molecule has 0 N–H and O–H groups in total. The molecule has 0 spiro atoms. The molecule has 0 aliphatic heterocycles. The maximum atomic E-state index is 11.1. The van der Waals surface area contributed by atoms with Crippen LogP contribution < -0.4 is 4.90 Å². The summed E-state index contributed by atoms with van der Waals surface area (Å²) in [7, 11) is 0. The van der Waals surface area contributed by atoms with Gasteiger partial charge in [-0.1, -0.05) is 36.4 Å². The van der Waals surface area contributed by atoms with E-state index in [2.05, 4.69) is 24.8 Å². The third-order valence-corrected chi connectivity index (χ3v) is 3.62. The molecule has 0 saturated heterocycles. The zero-order valence-electron chi connectivity index (χ0n) is 12.9. The molecule has 0 saturated carbocycles. The SMILES string of the molecule is CCN(CC)c1ccccc1/C=C/c1ccccc1[N+](=O)[O-]. The molecule has 22 heavy (non-hydrogen) atoms. The smallest absolute Gasteiger partial charge is 0.276 e. The van der Waals surface area contributed by atoms with Crippen molar-refractivity contribution >= 4 is 23.5 Å². The van der Waals surface area contributed by atoms with Gasteiger partial charge in [-0.05, 0) is 37.6 Å². The van der Waals surface area contributed by atoms with Gasteiger partial charge in [-0.15, -0.1) is 0 Å². The number of benzene rings is 2. The van der Waals surface area contributed by atoms with Crippen molar-refractivity contribution in [3.63, 3.8) is 0 Å². The second-order valence-electron chi connectivity index (χ2n) is 4.88. The third-order valence-electron chi connectivity index (χ3n) is 3.62. The molecule has 0 atom stereocenters. The maximum Gasteiger partial charge on any atom is 0.276 e. The molecule has 0 aromatic heterocycles. The summed E-state index contributed by atoms with van der Waals surface area (Å²) in [5.74, 6) is 0. The maximum absolute atomic E-state index is 11.1. The number of anilines is 1. The highest BCUT2D eigenvalue weighted by Crippen LogP contribution is 2.25. The fourth-order valence-electron chi connectivity index (χ4n) is 2.46. The van der Waals surface area contributed by atoms with Gasteiger partial charge in [0.05, 0.1) is 10.5 Å². The minimum absolute atomic E-state index is 0.124. The molecule has 0 bridgehead atoms. The summed E-state index contributed by atoms with van der Waals surface area (Å²) in [6.07, 6.45) is 3.75. The number of rotatable bonds is 6. The number of hydrogen-bond acceptors (Lipinski definition) is 3. The highest BCUT2D eigenvalue weighted by Gasteiger charge is 2.10. The molecule has 0 radical (unpaired) electrons. The Bertz CT molecular complexity index is 676. The minimum Gasteiger partial charge on any atom is -0.372 e. The standard InChI is InChI=1S/C18H20N2O2/c1-3-19(4-2)17-11-7-5-9-15(17)13-14-16-10-6-8-12-18(16)20(21)22/h5-14H,3-4H2,1-2H3/b14-13+. The lowest BCUT2D eigenvalue weighted by atomic mass is 10.1. The van der Waals surface area contributed by atoms with E-state index in [4.69, 9.17) is 0 Å². The largest absolute Gasteiger partial charge is 0.372 e. The molecule has 4 nitrogen and oxygen atoms in total. The topological polar surface area (TPSA) is 46.4 Å². The van der Waals surface area contributed by atoms with E-state index in [-0.39, 0.29) is 10.6 Å². The van der Waals surface area contributed by atoms with E-state index in [1.165, 1.54) is 6.07 Å². The van der Waals surface area contributed by atoms with E-state index in [1.54, 1.807) is 18.2 Å². The predicted octanol–water partition coefficient (Wildman–Crippen LogP) is 4.61. The Morgan fingerprint density at radius 1 is 0.955 bits per heavy atom. The van der Waals surface area contributed by atoms with E-state index in [9.17, 15) is 10.1 Å². The number of nitrogens with zero attached hydrogens (tertiary/aromatic N) is 2. The average molecular weight is 296 g/mol.